The quantitative estimate of drug-likeness (QED) is 0.403. The largest absolute Gasteiger partial charge is 0.419 e. The Hall–Kier alpha value is -2.33. The fraction of sp³-hybridized carbons (Fsp3) is 0.211. The second-order valence-corrected chi connectivity index (χ2v) is 6.60. The van der Waals surface area contributed by atoms with Crippen molar-refractivity contribution in [3.05, 3.63) is 63.6 Å². The molecule has 0 amide bonds. The van der Waals surface area contributed by atoms with Crippen LogP contribution in [0.25, 0.3) is 11.1 Å². The van der Waals surface area contributed by atoms with Crippen molar-refractivity contribution in [3.63, 3.8) is 0 Å². The minimum absolute atomic E-state index is 0. The molecule has 0 saturated carbocycles. The van der Waals surface area contributed by atoms with E-state index in [2.05, 4.69) is 15.6 Å². The highest BCUT2D eigenvalue weighted by atomic mass is 127. The summed E-state index contributed by atoms with van der Waals surface area (Å²) < 4.78 is 6.63. The summed E-state index contributed by atoms with van der Waals surface area (Å²) in [4.78, 5) is 28.8. The molecule has 0 fully saturated rings. The van der Waals surface area contributed by atoms with Crippen molar-refractivity contribution in [2.45, 2.75) is 13.0 Å². The maximum absolute atomic E-state index is 12.5. The Morgan fingerprint density at radius 3 is 2.75 bits per heavy atom. The second kappa shape index (κ2) is 8.78. The average molecular weight is 513 g/mol. The maximum Gasteiger partial charge on any atom is 0.419 e. The number of hydrogen-bond donors (Lipinski definition) is 2. The van der Waals surface area contributed by atoms with E-state index in [-0.39, 0.29) is 42.7 Å². The minimum atomic E-state index is -0.496. The highest BCUT2D eigenvalue weighted by Crippen LogP contribution is 2.19. The molecule has 1 aliphatic heterocycles. The van der Waals surface area contributed by atoms with E-state index >= 15 is 0 Å². The monoisotopic (exact) mass is 512 g/mol. The summed E-state index contributed by atoms with van der Waals surface area (Å²) in [5.74, 6) is 0.193. The molecule has 146 valence electrons. The number of Topliss-reactive ketones (excluding diaryl/α,β-unsaturated/α-hetero) is 1. The third kappa shape index (κ3) is 4.39. The summed E-state index contributed by atoms with van der Waals surface area (Å²) in [6, 6.07) is 12.2. The van der Waals surface area contributed by atoms with E-state index in [1.54, 1.807) is 30.3 Å². The number of aliphatic imine (C=N–C) groups is 1. The van der Waals surface area contributed by atoms with Gasteiger partial charge in [0.15, 0.2) is 17.3 Å². The molecule has 1 aromatic heterocycles. The Kier molecular flexibility index (Phi) is 6.40. The van der Waals surface area contributed by atoms with Crippen LogP contribution >= 0.6 is 35.6 Å². The van der Waals surface area contributed by atoms with Crippen LogP contribution in [0.5, 0.6) is 0 Å². The number of carbonyl (C=O) groups is 1. The van der Waals surface area contributed by atoms with Gasteiger partial charge >= 0.3 is 5.76 Å². The zero-order valence-electron chi connectivity index (χ0n) is 14.8. The van der Waals surface area contributed by atoms with Gasteiger partial charge in [-0.2, -0.15) is 0 Å². The zero-order valence-corrected chi connectivity index (χ0v) is 17.9. The molecule has 0 unspecified atom stereocenters. The summed E-state index contributed by atoms with van der Waals surface area (Å²) in [6.07, 6.45) is 0.193. The van der Waals surface area contributed by atoms with Gasteiger partial charge in [0.25, 0.3) is 0 Å². The molecule has 2 N–H and O–H groups in total. The summed E-state index contributed by atoms with van der Waals surface area (Å²) in [5.41, 5.74) is 2.49. The molecule has 2 heterocycles. The van der Waals surface area contributed by atoms with Gasteiger partial charge in [-0.15, -0.1) is 24.0 Å². The van der Waals surface area contributed by atoms with E-state index < -0.39 is 5.76 Å². The molecule has 2 aromatic carbocycles. The van der Waals surface area contributed by atoms with Crippen LogP contribution in [-0.2, 0) is 6.54 Å². The van der Waals surface area contributed by atoms with Gasteiger partial charge in [0, 0.05) is 41.9 Å². The van der Waals surface area contributed by atoms with Crippen molar-refractivity contribution >= 4 is 64.1 Å². The van der Waals surface area contributed by atoms with Gasteiger partial charge in [-0.05, 0) is 36.4 Å². The normalized spacial score (nSPS) is 13.0. The molecular formula is C19H18ClIN4O3. The molecule has 1 aliphatic rings. The lowest BCUT2D eigenvalue weighted by molar-refractivity contribution is 0.0977. The number of aromatic nitrogens is 1. The van der Waals surface area contributed by atoms with E-state index in [0.29, 0.717) is 21.7 Å². The summed E-state index contributed by atoms with van der Waals surface area (Å²) >= 11 is 5.91. The fourth-order valence-electron chi connectivity index (χ4n) is 2.97. The van der Waals surface area contributed by atoms with Crippen LogP contribution in [-0.4, -0.2) is 29.4 Å². The Labute approximate surface area is 182 Å². The number of nitrogens with one attached hydrogen (secondary N) is 2. The van der Waals surface area contributed by atoms with Crippen LogP contribution in [0, 0.1) is 0 Å². The number of aryl methyl sites for hydroxylation is 1. The van der Waals surface area contributed by atoms with Gasteiger partial charge in [0.05, 0.1) is 12.1 Å². The fourth-order valence-corrected chi connectivity index (χ4v) is 3.13. The average Bonchev–Trinajstić information content (AvgIpc) is 3.27. The van der Waals surface area contributed by atoms with Crippen molar-refractivity contribution < 1.29 is 9.21 Å². The topological polar surface area (TPSA) is 88.6 Å². The zero-order chi connectivity index (χ0) is 18.8. The van der Waals surface area contributed by atoms with Crippen LogP contribution in [0.3, 0.4) is 0 Å². The molecule has 0 radical (unpaired) electrons. The molecule has 3 aromatic rings. The first-order chi connectivity index (χ1) is 13.1. The number of rotatable bonds is 5. The Morgan fingerprint density at radius 1 is 1.25 bits per heavy atom. The van der Waals surface area contributed by atoms with Crippen LogP contribution in [0.2, 0.25) is 5.02 Å². The molecule has 7 nitrogen and oxygen atoms in total. The van der Waals surface area contributed by atoms with Gasteiger partial charge in [-0.25, -0.2) is 4.79 Å². The summed E-state index contributed by atoms with van der Waals surface area (Å²) in [7, 11) is 0. The second-order valence-electron chi connectivity index (χ2n) is 6.16. The third-order valence-electron chi connectivity index (χ3n) is 4.34. The molecule has 0 bridgehead atoms. The number of oxazole rings is 1. The summed E-state index contributed by atoms with van der Waals surface area (Å²) in [6.45, 7) is 1.83. The number of nitrogens with zero attached hydrogens (tertiary/aromatic N) is 2. The Bertz CT molecular complexity index is 1090. The van der Waals surface area contributed by atoms with Gasteiger partial charge in [-0.1, -0.05) is 11.6 Å². The highest BCUT2D eigenvalue weighted by molar-refractivity contribution is 14.0. The van der Waals surface area contributed by atoms with Crippen LogP contribution in [0.15, 0.2) is 56.7 Å². The lowest BCUT2D eigenvalue weighted by Crippen LogP contribution is -2.26. The van der Waals surface area contributed by atoms with Crippen LogP contribution in [0.1, 0.15) is 16.8 Å². The van der Waals surface area contributed by atoms with Crippen molar-refractivity contribution in [2.75, 3.05) is 18.4 Å². The predicted octanol–water partition coefficient (Wildman–Crippen LogP) is 3.51. The minimum Gasteiger partial charge on any atom is -0.408 e. The van der Waals surface area contributed by atoms with Crippen molar-refractivity contribution in [3.8, 4) is 0 Å². The number of guanidine groups is 1. The number of benzene rings is 2. The number of fused-ring (bicyclic) bond motifs is 1. The molecular weight excluding hydrogens is 495 g/mol. The lowest BCUT2D eigenvalue weighted by Gasteiger charge is -2.07. The molecule has 0 aliphatic carbocycles. The maximum atomic E-state index is 12.5. The lowest BCUT2D eigenvalue weighted by atomic mass is 10.1. The molecule has 4 rings (SSSR count). The third-order valence-corrected chi connectivity index (χ3v) is 4.57. The Morgan fingerprint density at radius 2 is 2.04 bits per heavy atom. The summed E-state index contributed by atoms with van der Waals surface area (Å²) in [5, 5.41) is 6.77. The van der Waals surface area contributed by atoms with Crippen LogP contribution < -0.4 is 16.4 Å². The van der Waals surface area contributed by atoms with E-state index in [9.17, 15) is 9.59 Å². The first-order valence-electron chi connectivity index (χ1n) is 8.58. The van der Waals surface area contributed by atoms with E-state index in [4.69, 9.17) is 16.0 Å². The van der Waals surface area contributed by atoms with Crippen molar-refractivity contribution in [1.29, 1.82) is 0 Å². The highest BCUT2D eigenvalue weighted by Gasteiger charge is 2.13. The van der Waals surface area contributed by atoms with Gasteiger partial charge in [-0.3, -0.25) is 14.4 Å². The van der Waals surface area contributed by atoms with Crippen molar-refractivity contribution in [1.82, 2.24) is 9.88 Å². The van der Waals surface area contributed by atoms with Crippen LogP contribution in [0.4, 0.5) is 5.69 Å². The van der Waals surface area contributed by atoms with E-state index in [0.717, 1.165) is 24.7 Å². The number of hydrogen-bond acceptors (Lipinski definition) is 6. The number of halogens is 2. The molecule has 9 heteroatoms. The first-order valence-corrected chi connectivity index (χ1v) is 8.95. The number of anilines is 1. The number of carbonyl (C=O) groups excluding carboxylic acids is 1. The first kappa shape index (κ1) is 20.4. The van der Waals surface area contributed by atoms with Gasteiger partial charge in [0.2, 0.25) is 0 Å². The molecule has 0 spiro atoms. The molecule has 0 atom stereocenters. The molecule has 28 heavy (non-hydrogen) atoms. The smallest absolute Gasteiger partial charge is 0.408 e. The predicted molar refractivity (Wildman–Crippen MR) is 120 cm³/mol. The van der Waals surface area contributed by atoms with Gasteiger partial charge < -0.3 is 15.1 Å². The van der Waals surface area contributed by atoms with Gasteiger partial charge in [0.1, 0.15) is 0 Å². The SMILES string of the molecule is I.O=C(CCn1c(=O)oc2cc(Cl)ccc21)c1ccc(NC2=NCCN2)cc1. The van der Waals surface area contributed by atoms with E-state index in [1.165, 1.54) is 4.57 Å². The van der Waals surface area contributed by atoms with E-state index in [1.807, 2.05) is 12.1 Å². The number of ketones is 1. The molecule has 0 saturated heterocycles. The van der Waals surface area contributed by atoms with Crippen molar-refractivity contribution in [2.24, 2.45) is 4.99 Å². The Balaban J connectivity index is 0.00000225. The standard InChI is InChI=1S/C19H17ClN4O3.HI/c20-13-3-6-15-17(11-13)27-19(26)24(15)10-7-16(25)12-1-4-14(5-2-12)23-18-21-8-9-22-18;/h1-6,11H,7-10H2,(H2,21,22,23);1H.